The number of carbonyl (C=O) groups is 1. The van der Waals surface area contributed by atoms with E-state index in [1.807, 2.05) is 6.92 Å². The van der Waals surface area contributed by atoms with Gasteiger partial charge in [-0.2, -0.15) is 5.10 Å². The molecule has 1 N–H and O–H groups in total. The maximum Gasteiger partial charge on any atom is 0.335 e. The summed E-state index contributed by atoms with van der Waals surface area (Å²) in [6.45, 7) is 1.85. The number of nitrogens with zero attached hydrogens (tertiary/aromatic N) is 2. The zero-order chi connectivity index (χ0) is 17.3. The Morgan fingerprint density at radius 3 is 2.54 bits per heavy atom. The van der Waals surface area contributed by atoms with Crippen molar-refractivity contribution in [2.75, 3.05) is 7.11 Å². The second-order valence-electron chi connectivity index (χ2n) is 5.45. The summed E-state index contributed by atoms with van der Waals surface area (Å²) in [5, 5.41) is 14.5. The number of rotatable bonds is 4. The van der Waals surface area contributed by atoms with E-state index in [0.717, 1.165) is 5.56 Å². The molecular formula is C18H16N2O4. The standard InChI is InChI=1S/C18H16N2O4/c1-11(12-3-5-13(6-4-12)18(22)23)20-17(21)16-8-7-15(24-2)9-14(16)10-19-20/h3-11H,1-2H3,(H,22,23). The molecule has 122 valence electrons. The van der Waals surface area contributed by atoms with Crippen molar-refractivity contribution in [3.63, 3.8) is 0 Å². The molecule has 2 aromatic carbocycles. The van der Waals surface area contributed by atoms with Gasteiger partial charge in [-0.25, -0.2) is 9.48 Å². The minimum absolute atomic E-state index is 0.204. The van der Waals surface area contributed by atoms with Crippen LogP contribution >= 0.6 is 0 Å². The van der Waals surface area contributed by atoms with E-state index >= 15 is 0 Å². The Hall–Kier alpha value is -3.15. The third-order valence-electron chi connectivity index (χ3n) is 4.03. The van der Waals surface area contributed by atoms with Crippen molar-refractivity contribution in [2.45, 2.75) is 13.0 Å². The number of hydrogen-bond donors (Lipinski definition) is 1. The molecule has 0 aliphatic carbocycles. The van der Waals surface area contributed by atoms with E-state index in [0.29, 0.717) is 16.5 Å². The molecule has 0 saturated heterocycles. The summed E-state index contributed by atoms with van der Waals surface area (Å²) < 4.78 is 6.55. The summed E-state index contributed by atoms with van der Waals surface area (Å²) in [6.07, 6.45) is 1.63. The van der Waals surface area contributed by atoms with E-state index in [2.05, 4.69) is 5.10 Å². The molecule has 0 aliphatic rings. The van der Waals surface area contributed by atoms with Gasteiger partial charge in [0, 0.05) is 5.39 Å². The number of aromatic nitrogens is 2. The molecule has 1 heterocycles. The number of benzene rings is 2. The van der Waals surface area contributed by atoms with Gasteiger partial charge >= 0.3 is 5.97 Å². The van der Waals surface area contributed by atoms with E-state index in [-0.39, 0.29) is 17.2 Å². The lowest BCUT2D eigenvalue weighted by Gasteiger charge is -2.15. The molecule has 24 heavy (non-hydrogen) atoms. The van der Waals surface area contributed by atoms with E-state index in [9.17, 15) is 9.59 Å². The van der Waals surface area contributed by atoms with Crippen molar-refractivity contribution in [1.29, 1.82) is 0 Å². The van der Waals surface area contributed by atoms with Gasteiger partial charge in [0.15, 0.2) is 0 Å². The molecule has 0 bridgehead atoms. The number of methoxy groups -OCH3 is 1. The van der Waals surface area contributed by atoms with Gasteiger partial charge in [0.05, 0.1) is 30.3 Å². The Labute approximate surface area is 137 Å². The van der Waals surface area contributed by atoms with Crippen molar-refractivity contribution >= 4 is 16.7 Å². The monoisotopic (exact) mass is 324 g/mol. The van der Waals surface area contributed by atoms with E-state index < -0.39 is 5.97 Å². The number of ether oxygens (including phenoxy) is 1. The summed E-state index contributed by atoms with van der Waals surface area (Å²) in [5.41, 5.74) is 0.810. The van der Waals surface area contributed by atoms with Crippen molar-refractivity contribution in [3.8, 4) is 5.75 Å². The van der Waals surface area contributed by atoms with Crippen molar-refractivity contribution in [2.24, 2.45) is 0 Å². The maximum atomic E-state index is 12.7. The molecule has 3 rings (SSSR count). The highest BCUT2D eigenvalue weighted by Crippen LogP contribution is 2.20. The summed E-state index contributed by atoms with van der Waals surface area (Å²) >= 11 is 0. The van der Waals surface area contributed by atoms with Crippen LogP contribution < -0.4 is 10.3 Å². The highest BCUT2D eigenvalue weighted by atomic mass is 16.5. The summed E-state index contributed by atoms with van der Waals surface area (Å²) in [5.74, 6) is -0.317. The number of carboxylic acids is 1. The van der Waals surface area contributed by atoms with Crippen LogP contribution in [0.15, 0.2) is 53.5 Å². The average molecular weight is 324 g/mol. The predicted molar refractivity (Wildman–Crippen MR) is 89.8 cm³/mol. The second-order valence-corrected chi connectivity index (χ2v) is 5.45. The maximum absolute atomic E-state index is 12.7. The van der Waals surface area contributed by atoms with Gasteiger partial charge in [0.1, 0.15) is 5.75 Å². The van der Waals surface area contributed by atoms with Crippen LogP contribution in [0.2, 0.25) is 0 Å². The molecule has 1 atom stereocenters. The highest BCUT2D eigenvalue weighted by molar-refractivity contribution is 5.87. The average Bonchev–Trinajstić information content (AvgIpc) is 2.61. The van der Waals surface area contributed by atoms with Crippen LogP contribution in [0.5, 0.6) is 5.75 Å². The van der Waals surface area contributed by atoms with Crippen molar-refractivity contribution in [1.82, 2.24) is 9.78 Å². The van der Waals surface area contributed by atoms with E-state index in [4.69, 9.17) is 9.84 Å². The fraction of sp³-hybridized carbons (Fsp3) is 0.167. The Morgan fingerprint density at radius 1 is 1.21 bits per heavy atom. The van der Waals surface area contributed by atoms with Gasteiger partial charge < -0.3 is 9.84 Å². The second kappa shape index (κ2) is 6.16. The first-order chi connectivity index (χ1) is 11.5. The Morgan fingerprint density at radius 2 is 1.92 bits per heavy atom. The minimum Gasteiger partial charge on any atom is -0.497 e. The lowest BCUT2D eigenvalue weighted by Crippen LogP contribution is -2.26. The molecule has 6 nitrogen and oxygen atoms in total. The molecule has 0 fully saturated rings. The highest BCUT2D eigenvalue weighted by Gasteiger charge is 2.14. The van der Waals surface area contributed by atoms with Gasteiger partial charge in [-0.3, -0.25) is 4.79 Å². The number of aromatic carboxylic acids is 1. The van der Waals surface area contributed by atoms with Crippen LogP contribution in [0.1, 0.15) is 28.9 Å². The fourth-order valence-corrected chi connectivity index (χ4v) is 2.59. The minimum atomic E-state index is -0.982. The lowest BCUT2D eigenvalue weighted by atomic mass is 10.1. The SMILES string of the molecule is COc1ccc2c(=O)n(C(C)c3ccc(C(=O)O)cc3)ncc2c1. The van der Waals surface area contributed by atoms with Crippen LogP contribution in [0.25, 0.3) is 10.8 Å². The smallest absolute Gasteiger partial charge is 0.335 e. The fourth-order valence-electron chi connectivity index (χ4n) is 2.59. The molecule has 0 radical (unpaired) electrons. The first-order valence-corrected chi connectivity index (χ1v) is 7.40. The molecule has 3 aromatic rings. The molecule has 6 heteroatoms. The number of fused-ring (bicyclic) bond motifs is 1. The Bertz CT molecular complexity index is 961. The molecule has 0 amide bonds. The summed E-state index contributed by atoms with van der Waals surface area (Å²) in [7, 11) is 1.57. The lowest BCUT2D eigenvalue weighted by molar-refractivity contribution is 0.0697. The van der Waals surface area contributed by atoms with Crippen LogP contribution in [0.4, 0.5) is 0 Å². The molecule has 0 saturated carbocycles. The number of hydrogen-bond acceptors (Lipinski definition) is 4. The van der Waals surface area contributed by atoms with Gasteiger partial charge in [-0.1, -0.05) is 12.1 Å². The third kappa shape index (κ3) is 2.74. The molecular weight excluding hydrogens is 308 g/mol. The van der Waals surface area contributed by atoms with Crippen LogP contribution in [-0.4, -0.2) is 28.0 Å². The Kier molecular flexibility index (Phi) is 4.04. The summed E-state index contributed by atoms with van der Waals surface area (Å²) in [6, 6.07) is 11.3. The Balaban J connectivity index is 2.03. The van der Waals surface area contributed by atoms with E-state index in [1.165, 1.54) is 16.8 Å². The van der Waals surface area contributed by atoms with Crippen molar-refractivity contribution in [3.05, 3.63) is 70.1 Å². The van der Waals surface area contributed by atoms with E-state index in [1.54, 1.807) is 43.6 Å². The van der Waals surface area contributed by atoms with Gasteiger partial charge in [0.25, 0.3) is 5.56 Å². The van der Waals surface area contributed by atoms with Gasteiger partial charge in [0.2, 0.25) is 0 Å². The molecule has 1 aromatic heterocycles. The normalized spacial score (nSPS) is 12.1. The van der Waals surface area contributed by atoms with Gasteiger partial charge in [-0.15, -0.1) is 0 Å². The first kappa shape index (κ1) is 15.7. The molecule has 0 spiro atoms. The first-order valence-electron chi connectivity index (χ1n) is 7.40. The third-order valence-corrected chi connectivity index (χ3v) is 4.03. The largest absolute Gasteiger partial charge is 0.497 e. The zero-order valence-corrected chi connectivity index (χ0v) is 13.3. The zero-order valence-electron chi connectivity index (χ0n) is 13.3. The van der Waals surface area contributed by atoms with Crippen LogP contribution in [0, 0.1) is 0 Å². The molecule has 1 unspecified atom stereocenters. The van der Waals surface area contributed by atoms with Gasteiger partial charge in [-0.05, 0) is 42.8 Å². The summed E-state index contributed by atoms with van der Waals surface area (Å²) in [4.78, 5) is 23.6. The van der Waals surface area contributed by atoms with Crippen LogP contribution in [0.3, 0.4) is 0 Å². The molecule has 0 aliphatic heterocycles. The van der Waals surface area contributed by atoms with Crippen LogP contribution in [-0.2, 0) is 0 Å². The topological polar surface area (TPSA) is 81.4 Å². The number of carboxylic acid groups (broad SMARTS) is 1. The predicted octanol–water partition coefficient (Wildman–Crippen LogP) is 2.71. The van der Waals surface area contributed by atoms with Crippen molar-refractivity contribution < 1.29 is 14.6 Å². The quantitative estimate of drug-likeness (QED) is 0.798.